The number of aryl methyl sites for hydroxylation is 2. The normalized spacial score (nSPS) is 11.8. The summed E-state index contributed by atoms with van der Waals surface area (Å²) in [5, 5.41) is 15.8. The minimum Gasteiger partial charge on any atom is -0.394 e. The summed E-state index contributed by atoms with van der Waals surface area (Å²) in [7, 11) is 0. The number of nitrogens with zero attached hydrogens (tertiary/aromatic N) is 3. The summed E-state index contributed by atoms with van der Waals surface area (Å²) < 4.78 is 0. The molecule has 0 saturated carbocycles. The number of hydrogen-bond donors (Lipinski definition) is 3. The SMILES string of the molecule is Cc1ccc(C)c(Nc2cc(-c3cccnc3)nc(N[C@@H](C)CO)n2)c1. The highest BCUT2D eigenvalue weighted by Crippen LogP contribution is 2.25. The third kappa shape index (κ3) is 4.34. The molecule has 0 spiro atoms. The molecule has 3 rings (SSSR count). The van der Waals surface area contributed by atoms with Crippen molar-refractivity contribution < 1.29 is 5.11 Å². The Bertz CT molecular complexity index is 883. The highest BCUT2D eigenvalue weighted by atomic mass is 16.3. The van der Waals surface area contributed by atoms with Crippen LogP contribution in [0.15, 0.2) is 48.8 Å². The van der Waals surface area contributed by atoms with E-state index in [0.717, 1.165) is 22.5 Å². The Balaban J connectivity index is 2.00. The van der Waals surface area contributed by atoms with Gasteiger partial charge in [-0.25, -0.2) is 4.98 Å². The Morgan fingerprint density at radius 1 is 1.12 bits per heavy atom. The lowest BCUT2D eigenvalue weighted by molar-refractivity contribution is 0.281. The van der Waals surface area contributed by atoms with E-state index in [0.29, 0.717) is 11.8 Å². The van der Waals surface area contributed by atoms with Crippen LogP contribution in [0.2, 0.25) is 0 Å². The lowest BCUT2D eigenvalue weighted by Gasteiger charge is -2.15. The Hall–Kier alpha value is -2.99. The van der Waals surface area contributed by atoms with Crippen LogP contribution in [0.25, 0.3) is 11.3 Å². The van der Waals surface area contributed by atoms with Gasteiger partial charge in [0.25, 0.3) is 0 Å². The highest BCUT2D eigenvalue weighted by Gasteiger charge is 2.10. The zero-order chi connectivity index (χ0) is 18.5. The second kappa shape index (κ2) is 7.93. The van der Waals surface area contributed by atoms with Gasteiger partial charge in [-0.2, -0.15) is 4.98 Å². The van der Waals surface area contributed by atoms with Gasteiger partial charge < -0.3 is 15.7 Å². The predicted octanol–water partition coefficient (Wildman–Crippen LogP) is 3.69. The minimum absolute atomic E-state index is 0.000228. The monoisotopic (exact) mass is 349 g/mol. The van der Waals surface area contributed by atoms with Gasteiger partial charge in [0.2, 0.25) is 5.95 Å². The van der Waals surface area contributed by atoms with Gasteiger partial charge in [0.15, 0.2) is 0 Å². The lowest BCUT2D eigenvalue weighted by Crippen LogP contribution is -2.21. The van der Waals surface area contributed by atoms with Crippen molar-refractivity contribution >= 4 is 17.5 Å². The number of benzene rings is 1. The number of nitrogens with one attached hydrogen (secondary N) is 2. The highest BCUT2D eigenvalue weighted by molar-refractivity contribution is 5.68. The van der Waals surface area contributed by atoms with E-state index in [1.807, 2.05) is 25.1 Å². The summed E-state index contributed by atoms with van der Waals surface area (Å²) in [6, 6.07) is 11.8. The van der Waals surface area contributed by atoms with Crippen molar-refractivity contribution in [2.24, 2.45) is 0 Å². The molecule has 6 heteroatoms. The summed E-state index contributed by atoms with van der Waals surface area (Å²) in [5.74, 6) is 1.14. The molecular formula is C20H23N5O. The van der Waals surface area contributed by atoms with E-state index in [9.17, 15) is 5.11 Å². The van der Waals surface area contributed by atoms with Crippen LogP contribution in [0.5, 0.6) is 0 Å². The molecule has 0 bridgehead atoms. The molecule has 2 aromatic heterocycles. The van der Waals surface area contributed by atoms with E-state index in [-0.39, 0.29) is 12.6 Å². The van der Waals surface area contributed by atoms with Gasteiger partial charge in [-0.05, 0) is 50.1 Å². The molecule has 0 aliphatic rings. The average Bonchev–Trinajstić information content (AvgIpc) is 2.65. The maximum atomic E-state index is 9.31. The van der Waals surface area contributed by atoms with E-state index in [2.05, 4.69) is 57.6 Å². The van der Waals surface area contributed by atoms with Gasteiger partial charge in [0.05, 0.1) is 12.3 Å². The predicted molar refractivity (Wildman–Crippen MR) is 105 cm³/mol. The van der Waals surface area contributed by atoms with Gasteiger partial charge >= 0.3 is 0 Å². The van der Waals surface area contributed by atoms with Gasteiger partial charge in [-0.3, -0.25) is 4.98 Å². The molecule has 134 valence electrons. The quantitative estimate of drug-likeness (QED) is 0.629. The van der Waals surface area contributed by atoms with Crippen molar-refractivity contribution in [2.45, 2.75) is 26.8 Å². The topological polar surface area (TPSA) is 83.0 Å². The van der Waals surface area contributed by atoms with Crippen molar-refractivity contribution in [3.8, 4) is 11.3 Å². The lowest BCUT2D eigenvalue weighted by atomic mass is 10.1. The molecule has 0 unspecified atom stereocenters. The molecule has 1 aromatic carbocycles. The van der Waals surface area contributed by atoms with Crippen molar-refractivity contribution in [1.29, 1.82) is 0 Å². The Labute approximate surface area is 153 Å². The van der Waals surface area contributed by atoms with Gasteiger partial charge in [-0.1, -0.05) is 12.1 Å². The standard InChI is InChI=1S/C20H23N5O/c1-13-6-7-14(2)17(9-13)23-19-10-18(16-5-4-8-21-11-16)24-20(25-19)22-15(3)12-26/h4-11,15,26H,12H2,1-3H3,(H2,22,23,24,25)/t15-/m0/s1. The summed E-state index contributed by atoms with van der Waals surface area (Å²) in [6.45, 7) is 5.98. The van der Waals surface area contributed by atoms with Crippen LogP contribution < -0.4 is 10.6 Å². The summed E-state index contributed by atoms with van der Waals surface area (Å²) in [5.41, 5.74) is 4.97. The third-order valence-corrected chi connectivity index (χ3v) is 3.99. The molecule has 1 atom stereocenters. The average molecular weight is 349 g/mol. The molecule has 0 aliphatic carbocycles. The zero-order valence-corrected chi connectivity index (χ0v) is 15.2. The molecular weight excluding hydrogens is 326 g/mol. The van der Waals surface area contributed by atoms with E-state index < -0.39 is 0 Å². The summed E-state index contributed by atoms with van der Waals surface area (Å²) in [4.78, 5) is 13.3. The molecule has 6 nitrogen and oxygen atoms in total. The van der Waals surface area contributed by atoms with Crippen molar-refractivity contribution in [3.63, 3.8) is 0 Å². The van der Waals surface area contributed by atoms with Gasteiger partial charge in [-0.15, -0.1) is 0 Å². The largest absolute Gasteiger partial charge is 0.394 e. The first kappa shape index (κ1) is 17.8. The second-order valence-electron chi connectivity index (χ2n) is 6.38. The number of aromatic nitrogens is 3. The number of aliphatic hydroxyl groups excluding tert-OH is 1. The van der Waals surface area contributed by atoms with Crippen LogP contribution in [0.4, 0.5) is 17.5 Å². The maximum absolute atomic E-state index is 9.31. The van der Waals surface area contributed by atoms with Crippen molar-refractivity contribution in [2.75, 3.05) is 17.2 Å². The first-order chi connectivity index (χ1) is 12.5. The van der Waals surface area contributed by atoms with E-state index in [1.54, 1.807) is 12.4 Å². The fraction of sp³-hybridized carbons (Fsp3) is 0.250. The molecule has 3 aromatic rings. The first-order valence-corrected chi connectivity index (χ1v) is 8.56. The van der Waals surface area contributed by atoms with Crippen molar-refractivity contribution in [1.82, 2.24) is 15.0 Å². The molecule has 0 saturated heterocycles. The third-order valence-electron chi connectivity index (χ3n) is 3.99. The molecule has 26 heavy (non-hydrogen) atoms. The molecule has 3 N–H and O–H groups in total. The number of pyridine rings is 1. The van der Waals surface area contributed by atoms with Crippen molar-refractivity contribution in [3.05, 3.63) is 59.9 Å². The van der Waals surface area contributed by atoms with Crippen LogP contribution in [0, 0.1) is 13.8 Å². The minimum atomic E-state index is -0.146. The molecule has 0 aliphatic heterocycles. The smallest absolute Gasteiger partial charge is 0.225 e. The van der Waals surface area contributed by atoms with E-state index in [1.165, 1.54) is 5.56 Å². The molecule has 0 radical (unpaired) electrons. The summed E-state index contributed by atoms with van der Waals surface area (Å²) in [6.07, 6.45) is 3.50. The van der Waals surface area contributed by atoms with Crippen LogP contribution in [0.3, 0.4) is 0 Å². The van der Waals surface area contributed by atoms with Crippen LogP contribution in [0.1, 0.15) is 18.1 Å². The molecule has 0 fully saturated rings. The van der Waals surface area contributed by atoms with E-state index in [4.69, 9.17) is 0 Å². The Morgan fingerprint density at radius 2 is 1.96 bits per heavy atom. The first-order valence-electron chi connectivity index (χ1n) is 8.56. The van der Waals surface area contributed by atoms with E-state index >= 15 is 0 Å². The molecule has 2 heterocycles. The van der Waals surface area contributed by atoms with Gasteiger partial charge in [0, 0.05) is 35.8 Å². The number of hydrogen-bond acceptors (Lipinski definition) is 6. The zero-order valence-electron chi connectivity index (χ0n) is 15.2. The molecule has 0 amide bonds. The number of rotatable bonds is 6. The number of aliphatic hydroxyl groups is 1. The van der Waals surface area contributed by atoms with Gasteiger partial charge in [0.1, 0.15) is 5.82 Å². The van der Waals surface area contributed by atoms with Crippen LogP contribution >= 0.6 is 0 Å². The second-order valence-corrected chi connectivity index (χ2v) is 6.38. The Morgan fingerprint density at radius 3 is 2.69 bits per heavy atom. The number of anilines is 3. The summed E-state index contributed by atoms with van der Waals surface area (Å²) >= 11 is 0. The fourth-order valence-corrected chi connectivity index (χ4v) is 2.51. The fourth-order valence-electron chi connectivity index (χ4n) is 2.51. The van der Waals surface area contributed by atoms with Crippen LogP contribution in [-0.4, -0.2) is 32.7 Å². The maximum Gasteiger partial charge on any atom is 0.225 e. The van der Waals surface area contributed by atoms with Crippen LogP contribution in [-0.2, 0) is 0 Å². The Kier molecular flexibility index (Phi) is 5.43.